The fourth-order valence-electron chi connectivity index (χ4n) is 0.203. The molecule has 0 aromatic rings. The van der Waals surface area contributed by atoms with E-state index in [1.807, 2.05) is 0 Å². The molecule has 1 saturated heterocycles. The van der Waals surface area contributed by atoms with Crippen LogP contribution in [0.25, 0.3) is 0 Å². The summed E-state index contributed by atoms with van der Waals surface area (Å²) in [6, 6.07) is 0. The monoisotopic (exact) mass is 90.0 g/mol. The van der Waals surface area contributed by atoms with Gasteiger partial charge in [-0.05, 0) is 12.7 Å². The molecule has 30 valence electrons. The Balaban J connectivity index is 2.08. The van der Waals surface area contributed by atoms with Crippen molar-refractivity contribution in [3.05, 3.63) is 5.21 Å². The lowest BCUT2D eigenvalue weighted by molar-refractivity contribution is 0.602. The van der Waals surface area contributed by atoms with Crippen molar-refractivity contribution in [1.82, 2.24) is 4.83 Å². The van der Waals surface area contributed by atoms with Gasteiger partial charge < -0.3 is 10.0 Å². The molecule has 0 aliphatic carbocycles. The summed E-state index contributed by atoms with van der Waals surface area (Å²) in [5, 5.41) is 9.83. The van der Waals surface area contributed by atoms with E-state index in [1.165, 1.54) is 0 Å². The molecule has 2 nitrogen and oxygen atoms in total. The van der Waals surface area contributed by atoms with Crippen LogP contribution in [0, 0.1) is 5.21 Å². The summed E-state index contributed by atoms with van der Waals surface area (Å²) in [7, 11) is 0.573. The van der Waals surface area contributed by atoms with Crippen LogP contribution in [-0.2, 0) is 0 Å². The van der Waals surface area contributed by atoms with E-state index in [2.05, 4.69) is 0 Å². The van der Waals surface area contributed by atoms with Gasteiger partial charge in [-0.3, -0.25) is 0 Å². The van der Waals surface area contributed by atoms with Gasteiger partial charge in [0.05, 0.1) is 0 Å². The van der Waals surface area contributed by atoms with Crippen LogP contribution in [-0.4, -0.2) is 17.5 Å². The minimum atomic E-state index is 0.573. The van der Waals surface area contributed by atoms with E-state index in [0.717, 1.165) is 17.5 Å². The van der Waals surface area contributed by atoms with Crippen molar-refractivity contribution in [2.45, 2.75) is 0 Å². The van der Waals surface area contributed by atoms with Gasteiger partial charge in [0.1, 0.15) is 0 Å². The second kappa shape index (κ2) is 1.21. The van der Waals surface area contributed by atoms with E-state index in [4.69, 9.17) is 0 Å². The normalized spacial score (nSPS) is 30.6. The average Bonchev–Trinajstić information content (AvgIpc) is 1.30. The molecular weight excluding hydrogens is 85.0 g/mol. The van der Waals surface area contributed by atoms with Crippen LogP contribution in [0.5, 0.6) is 0 Å². The zero-order valence-electron chi connectivity index (χ0n) is 2.77. The molecule has 0 amide bonds. The molecule has 1 fully saturated rings. The maximum Gasteiger partial charge on any atom is -0.00643 e. The van der Waals surface area contributed by atoms with Crippen molar-refractivity contribution in [1.29, 1.82) is 0 Å². The molecule has 0 aromatic carbocycles. The standard InChI is InChI=1S/C2H5NOP/c4-3-1-2-5-3/h5H,1-2H2/q-1. The van der Waals surface area contributed by atoms with Crippen LogP contribution < -0.4 is 0 Å². The lowest BCUT2D eigenvalue weighted by Crippen LogP contribution is -2.19. The van der Waals surface area contributed by atoms with Gasteiger partial charge >= 0.3 is 0 Å². The molecule has 1 heterocycles. The molecule has 5 heavy (non-hydrogen) atoms. The average molecular weight is 90.0 g/mol. The molecule has 1 rings (SSSR count). The van der Waals surface area contributed by atoms with E-state index < -0.39 is 0 Å². The molecule has 0 radical (unpaired) electrons. The van der Waals surface area contributed by atoms with E-state index in [1.54, 1.807) is 0 Å². The van der Waals surface area contributed by atoms with Crippen molar-refractivity contribution in [3.8, 4) is 0 Å². The van der Waals surface area contributed by atoms with Gasteiger partial charge in [-0.25, -0.2) is 0 Å². The molecule has 1 atom stereocenters. The van der Waals surface area contributed by atoms with E-state index in [9.17, 15) is 5.21 Å². The minimum absolute atomic E-state index is 0.573. The van der Waals surface area contributed by atoms with Crippen LogP contribution >= 0.6 is 8.73 Å². The Morgan fingerprint density at radius 3 is 2.20 bits per heavy atom. The summed E-state index contributed by atoms with van der Waals surface area (Å²) in [6.45, 7) is 0.776. The van der Waals surface area contributed by atoms with Crippen molar-refractivity contribution in [2.24, 2.45) is 0 Å². The van der Waals surface area contributed by atoms with Gasteiger partial charge in [0, 0.05) is 0 Å². The number of hydrogen-bond acceptors (Lipinski definition) is 2. The third-order valence-corrected chi connectivity index (χ3v) is 1.63. The molecule has 1 aliphatic heterocycles. The highest BCUT2D eigenvalue weighted by Crippen LogP contribution is 2.24. The predicted octanol–water partition coefficient (Wildman–Crippen LogP) is 0.393. The lowest BCUT2D eigenvalue weighted by atomic mass is 10.8. The second-order valence-corrected chi connectivity index (χ2v) is 2.33. The van der Waals surface area contributed by atoms with Crippen LogP contribution in [0.15, 0.2) is 0 Å². The van der Waals surface area contributed by atoms with Gasteiger partial charge in [0.2, 0.25) is 0 Å². The fraction of sp³-hybridized carbons (Fsp3) is 1.00. The molecule has 0 aromatic heterocycles. The summed E-state index contributed by atoms with van der Waals surface area (Å²) in [5.74, 6) is 0. The summed E-state index contributed by atoms with van der Waals surface area (Å²) < 4.78 is 0. The first-order valence-corrected chi connectivity index (χ1v) is 2.73. The Morgan fingerprint density at radius 2 is 2.20 bits per heavy atom. The zero-order chi connectivity index (χ0) is 3.70. The first-order chi connectivity index (χ1) is 2.39. The molecule has 0 N–H and O–H groups in total. The Kier molecular flexibility index (Phi) is 0.856. The maximum atomic E-state index is 9.83. The third-order valence-electron chi connectivity index (χ3n) is 0.603. The van der Waals surface area contributed by atoms with E-state index >= 15 is 0 Å². The zero-order valence-corrected chi connectivity index (χ0v) is 3.77. The Morgan fingerprint density at radius 1 is 1.80 bits per heavy atom. The first kappa shape index (κ1) is 3.54. The smallest absolute Gasteiger partial charge is 0.00643 e. The number of rotatable bonds is 0. The van der Waals surface area contributed by atoms with Crippen LogP contribution in [0.1, 0.15) is 0 Å². The number of hydrogen-bond donors (Lipinski definition) is 0. The second-order valence-electron chi connectivity index (χ2n) is 1.01. The summed E-state index contributed by atoms with van der Waals surface area (Å²) in [6.07, 6.45) is 1.13. The highest BCUT2D eigenvalue weighted by molar-refractivity contribution is 7.37. The van der Waals surface area contributed by atoms with Gasteiger partial charge in [0.15, 0.2) is 0 Å². The highest BCUT2D eigenvalue weighted by Gasteiger charge is 1.98. The van der Waals surface area contributed by atoms with Crippen molar-refractivity contribution in [2.75, 3.05) is 12.7 Å². The Labute approximate surface area is 32.6 Å². The van der Waals surface area contributed by atoms with Crippen LogP contribution in [0.2, 0.25) is 0 Å². The van der Waals surface area contributed by atoms with Crippen molar-refractivity contribution in [3.63, 3.8) is 0 Å². The minimum Gasteiger partial charge on any atom is -0.782 e. The number of hydroxylamine groups is 1. The summed E-state index contributed by atoms with van der Waals surface area (Å²) in [5.41, 5.74) is 0. The Bertz CT molecular complexity index is 36.6. The number of nitrogens with zero attached hydrogens (tertiary/aromatic N) is 1. The summed E-state index contributed by atoms with van der Waals surface area (Å²) in [4.78, 5) is 1.08. The third kappa shape index (κ3) is 0.596. The molecular formula is C2H5NOP-. The largest absolute Gasteiger partial charge is 0.782 e. The van der Waals surface area contributed by atoms with E-state index in [-0.39, 0.29) is 0 Å². The highest BCUT2D eigenvalue weighted by atomic mass is 31.1. The molecule has 1 aliphatic rings. The predicted molar refractivity (Wildman–Crippen MR) is 23.3 cm³/mol. The summed E-state index contributed by atoms with van der Waals surface area (Å²) >= 11 is 0. The molecule has 3 heteroatoms. The molecule has 0 spiro atoms. The topological polar surface area (TPSA) is 26.3 Å². The fourth-order valence-corrected chi connectivity index (χ4v) is 0.609. The van der Waals surface area contributed by atoms with Crippen molar-refractivity contribution < 1.29 is 0 Å². The quantitative estimate of drug-likeness (QED) is 0.402. The molecule has 1 unspecified atom stereocenters. The lowest BCUT2D eigenvalue weighted by Gasteiger charge is -2.36. The van der Waals surface area contributed by atoms with Gasteiger partial charge in [-0.1, -0.05) is 8.73 Å². The van der Waals surface area contributed by atoms with Gasteiger partial charge in [-0.15, -0.1) is 0 Å². The van der Waals surface area contributed by atoms with Crippen LogP contribution in [0.3, 0.4) is 0 Å². The SMILES string of the molecule is [O-]N1CCP1. The molecule has 0 saturated carbocycles. The van der Waals surface area contributed by atoms with Gasteiger partial charge in [0.25, 0.3) is 0 Å². The van der Waals surface area contributed by atoms with Crippen LogP contribution in [0.4, 0.5) is 0 Å². The van der Waals surface area contributed by atoms with Gasteiger partial charge in [-0.2, -0.15) is 0 Å². The van der Waals surface area contributed by atoms with E-state index in [0.29, 0.717) is 8.73 Å². The van der Waals surface area contributed by atoms with Crippen molar-refractivity contribution >= 4 is 8.73 Å². The maximum absolute atomic E-state index is 9.83. The molecule has 0 bridgehead atoms. The first-order valence-electron chi connectivity index (χ1n) is 1.58. The Hall–Kier alpha value is 0.350.